The van der Waals surface area contributed by atoms with Gasteiger partial charge in [0.15, 0.2) is 0 Å². The summed E-state index contributed by atoms with van der Waals surface area (Å²) in [6.07, 6.45) is 0. The molecule has 0 aromatic carbocycles. The zero-order chi connectivity index (χ0) is 33.7. The van der Waals surface area contributed by atoms with Gasteiger partial charge in [0.1, 0.15) is 0 Å². The molecule has 8 aliphatic rings. The van der Waals surface area contributed by atoms with E-state index in [4.69, 9.17) is 8.83 Å². The van der Waals surface area contributed by atoms with Crippen molar-refractivity contribution in [2.75, 3.05) is 0 Å². The van der Waals surface area contributed by atoms with E-state index in [-0.39, 0.29) is 32.3 Å². The molecule has 0 atom stereocenters. The van der Waals surface area contributed by atoms with Gasteiger partial charge in [-0.2, -0.15) is 0 Å². The third kappa shape index (κ3) is 3.96. The molecule has 0 N–H and O–H groups in total. The van der Waals surface area contributed by atoms with Gasteiger partial charge in [-0.05, 0) is 91.0 Å². The van der Waals surface area contributed by atoms with Crippen LogP contribution in [-0.2, 0) is 0 Å². The van der Waals surface area contributed by atoms with Gasteiger partial charge in [0, 0.05) is 10.8 Å². The summed E-state index contributed by atoms with van der Waals surface area (Å²) in [5.74, 6) is 0. The lowest BCUT2D eigenvalue weighted by Crippen LogP contribution is -2.05. The van der Waals surface area contributed by atoms with Crippen LogP contribution < -0.4 is 22.5 Å². The van der Waals surface area contributed by atoms with Gasteiger partial charge < -0.3 is 8.83 Å². The summed E-state index contributed by atoms with van der Waals surface area (Å²) in [5.41, 5.74) is 6.01. The smallest absolute Gasteiger partial charge is 0.347 e. The summed E-state index contributed by atoms with van der Waals surface area (Å²) in [4.78, 5) is 55.3. The highest BCUT2D eigenvalue weighted by molar-refractivity contribution is 6.33. The number of rotatable bonds is 2. The van der Waals surface area contributed by atoms with Crippen molar-refractivity contribution in [1.29, 1.82) is 0 Å². The van der Waals surface area contributed by atoms with Crippen molar-refractivity contribution in [2.45, 2.75) is 0 Å². The first-order valence-corrected chi connectivity index (χ1v) is 16.2. The van der Waals surface area contributed by atoms with Crippen molar-refractivity contribution in [3.8, 4) is 66.8 Å². The van der Waals surface area contributed by atoms with Crippen LogP contribution >= 0.6 is 0 Å². The van der Waals surface area contributed by atoms with Crippen molar-refractivity contribution in [2.24, 2.45) is 0 Å². The Bertz CT molecular complexity index is 2730. The van der Waals surface area contributed by atoms with Gasteiger partial charge in [-0.25, -0.2) is 19.2 Å². The minimum absolute atomic E-state index is 0.0499. The second-order valence-corrected chi connectivity index (χ2v) is 12.6. The molecular weight excluding hydrogens is 624 g/mol. The predicted molar refractivity (Wildman–Crippen MR) is 197 cm³/mol. The Hall–Kier alpha value is -6.92. The lowest BCUT2D eigenvalue weighted by Gasteiger charge is -1.92. The molecule has 2 aromatic heterocycles. The number of fused-ring (bicyclic) bond motifs is 8. The lowest BCUT2D eigenvalue weighted by atomic mass is 10.1. The first kappa shape index (κ1) is 28.1. The number of hydrogen-bond acceptors (Lipinski definition) is 6. The SMILES string of the molecule is O=c1oc(=O)c2c3ccc(-c4cc5cccccc-5c4)ccc-3c3c(=O)oc(=O)c4c5ccc(-c6cc7cccccc-7c6)ccc-5c1c4c23. The lowest BCUT2D eigenvalue weighted by molar-refractivity contribution is 0.491. The highest BCUT2D eigenvalue weighted by Gasteiger charge is 2.29. The van der Waals surface area contributed by atoms with Gasteiger partial charge >= 0.3 is 22.5 Å². The zero-order valence-corrected chi connectivity index (χ0v) is 26.2. The van der Waals surface area contributed by atoms with E-state index >= 15 is 0 Å². The van der Waals surface area contributed by atoms with E-state index in [1.54, 1.807) is 24.3 Å². The Morgan fingerprint density at radius 3 is 0.820 bits per heavy atom. The molecule has 6 heteroatoms. The average molecular weight is 647 g/mol. The largest absolute Gasteiger partial charge is 0.386 e. The third-order valence-electron chi connectivity index (χ3n) is 9.94. The minimum atomic E-state index is -0.893. The minimum Gasteiger partial charge on any atom is -0.386 e. The van der Waals surface area contributed by atoms with Gasteiger partial charge in [-0.1, -0.05) is 109 Å². The van der Waals surface area contributed by atoms with Crippen LogP contribution in [0.15, 0.2) is 161 Å². The van der Waals surface area contributed by atoms with Crippen molar-refractivity contribution < 1.29 is 8.83 Å². The van der Waals surface area contributed by atoms with E-state index in [0.29, 0.717) is 22.3 Å². The molecule has 2 aromatic rings. The molecule has 2 heterocycles. The van der Waals surface area contributed by atoms with Gasteiger partial charge in [0.25, 0.3) is 0 Å². The van der Waals surface area contributed by atoms with E-state index < -0.39 is 22.5 Å². The van der Waals surface area contributed by atoms with Crippen LogP contribution in [0.25, 0.3) is 99.1 Å². The van der Waals surface area contributed by atoms with Crippen LogP contribution in [0.3, 0.4) is 0 Å². The van der Waals surface area contributed by atoms with Gasteiger partial charge in [0.2, 0.25) is 0 Å². The fourth-order valence-corrected chi connectivity index (χ4v) is 7.69. The van der Waals surface area contributed by atoms with Gasteiger partial charge in [-0.15, -0.1) is 0 Å². The summed E-state index contributed by atoms with van der Waals surface area (Å²) < 4.78 is 11.0. The van der Waals surface area contributed by atoms with Gasteiger partial charge in [-0.3, -0.25) is 0 Å². The molecule has 0 saturated carbocycles. The fourth-order valence-electron chi connectivity index (χ4n) is 7.69. The van der Waals surface area contributed by atoms with Crippen molar-refractivity contribution in [1.82, 2.24) is 0 Å². The van der Waals surface area contributed by atoms with Crippen LogP contribution in [0, 0.1) is 0 Å². The maximum absolute atomic E-state index is 13.8. The average Bonchev–Trinajstić information content (AvgIpc) is 3.60. The highest BCUT2D eigenvalue weighted by atomic mass is 16.4. The van der Waals surface area contributed by atoms with Crippen molar-refractivity contribution in [3.05, 3.63) is 175 Å². The van der Waals surface area contributed by atoms with Crippen LogP contribution in [0.2, 0.25) is 0 Å². The van der Waals surface area contributed by atoms with E-state index in [1.165, 1.54) is 0 Å². The molecule has 0 bridgehead atoms. The molecule has 0 spiro atoms. The summed E-state index contributed by atoms with van der Waals surface area (Å²) in [7, 11) is 0. The second-order valence-electron chi connectivity index (χ2n) is 12.6. The Morgan fingerprint density at radius 2 is 0.540 bits per heavy atom. The van der Waals surface area contributed by atoms with E-state index in [2.05, 4.69) is 24.3 Å². The molecule has 0 fully saturated rings. The van der Waals surface area contributed by atoms with Crippen LogP contribution in [0.5, 0.6) is 0 Å². The highest BCUT2D eigenvalue weighted by Crippen LogP contribution is 2.46. The van der Waals surface area contributed by atoms with E-state index in [9.17, 15) is 19.2 Å². The summed E-state index contributed by atoms with van der Waals surface area (Å²) >= 11 is 0. The molecule has 10 rings (SSSR count). The maximum Gasteiger partial charge on any atom is 0.347 e. The van der Waals surface area contributed by atoms with Gasteiger partial charge in [0.05, 0.1) is 21.5 Å². The quantitative estimate of drug-likeness (QED) is 0.186. The molecule has 6 nitrogen and oxygen atoms in total. The molecule has 0 saturated heterocycles. The monoisotopic (exact) mass is 646 g/mol. The molecule has 0 amide bonds. The summed E-state index contributed by atoms with van der Waals surface area (Å²) in [5, 5.41) is 0.570. The predicted octanol–water partition coefficient (Wildman–Crippen LogP) is 8.96. The van der Waals surface area contributed by atoms with Crippen LogP contribution in [0.1, 0.15) is 0 Å². The molecule has 0 aliphatic heterocycles. The normalized spacial score (nSPS) is 11.9. The zero-order valence-electron chi connectivity index (χ0n) is 26.2. The molecule has 50 heavy (non-hydrogen) atoms. The Morgan fingerprint density at radius 1 is 0.260 bits per heavy atom. The Balaban J connectivity index is 1.29. The number of hydrogen-bond donors (Lipinski definition) is 0. The molecule has 0 radical (unpaired) electrons. The molecule has 234 valence electrons. The van der Waals surface area contributed by atoms with Crippen LogP contribution in [0.4, 0.5) is 0 Å². The first-order valence-electron chi connectivity index (χ1n) is 16.2. The van der Waals surface area contributed by atoms with Crippen molar-refractivity contribution in [3.63, 3.8) is 0 Å². The maximum atomic E-state index is 13.8. The molecule has 8 aliphatic carbocycles. The first-order chi connectivity index (χ1) is 24.4. The standard InChI is InChI=1S/C44H22O6/c45-41-35-31-15-11-23(29-19-25-7-3-1-4-8-26(25)20-29)12-16-32(31)36-39(35)40-37(43(47)49-41)33-17-13-24(14-18-34(33)38(40)44(48)50-42(36)46)30-21-27-9-5-2-6-10-28(27)22-30/h1-22H. The molecule has 0 unspecified atom stereocenters. The fraction of sp³-hybridized carbons (Fsp3) is 0. The summed E-state index contributed by atoms with van der Waals surface area (Å²) in [6, 6.07) is 42.8. The Kier molecular flexibility index (Phi) is 5.79. The van der Waals surface area contributed by atoms with E-state index in [1.807, 2.05) is 84.9 Å². The second kappa shape index (κ2) is 10.3. The Labute approximate surface area is 282 Å². The topological polar surface area (TPSA) is 94.6 Å². The molecular formula is C44H22O6. The van der Waals surface area contributed by atoms with E-state index in [0.717, 1.165) is 44.5 Å². The summed E-state index contributed by atoms with van der Waals surface area (Å²) in [6.45, 7) is 0. The van der Waals surface area contributed by atoms with Crippen molar-refractivity contribution >= 4 is 32.3 Å². The van der Waals surface area contributed by atoms with Crippen LogP contribution in [-0.4, -0.2) is 0 Å². The third-order valence-corrected chi connectivity index (χ3v) is 9.94.